The molecule has 154 valence electrons. The first-order valence-electron chi connectivity index (χ1n) is 9.44. The lowest BCUT2D eigenvalue weighted by molar-refractivity contribution is -0.274. The summed E-state index contributed by atoms with van der Waals surface area (Å²) in [7, 11) is 2.11. The normalized spacial score (nSPS) is 17.7. The molecule has 0 amide bonds. The van der Waals surface area contributed by atoms with Gasteiger partial charge in [-0.25, -0.2) is 9.50 Å². The lowest BCUT2D eigenvalue weighted by Gasteiger charge is -2.19. The lowest BCUT2D eigenvalue weighted by atomic mass is 10.1. The minimum atomic E-state index is -4.79. The third-order valence-corrected chi connectivity index (χ3v) is 5.10. The second-order valence-corrected chi connectivity index (χ2v) is 7.04. The van der Waals surface area contributed by atoms with E-state index in [0.717, 1.165) is 19.4 Å². The van der Waals surface area contributed by atoms with Gasteiger partial charge >= 0.3 is 6.36 Å². The van der Waals surface area contributed by atoms with E-state index in [2.05, 4.69) is 26.8 Å². The van der Waals surface area contributed by atoms with Crippen LogP contribution in [-0.2, 0) is 0 Å². The number of likely N-dealkylation sites (tertiary alicyclic amines) is 1. The topological polar surface area (TPSA) is 51.9 Å². The smallest absolute Gasteiger partial charge is 0.477 e. The van der Waals surface area contributed by atoms with E-state index >= 15 is 0 Å². The van der Waals surface area contributed by atoms with Crippen LogP contribution >= 0.6 is 0 Å². The van der Waals surface area contributed by atoms with E-state index in [1.165, 1.54) is 35.3 Å². The monoisotopic (exact) mass is 406 g/mol. The van der Waals surface area contributed by atoms with Crippen LogP contribution in [0.4, 0.5) is 13.2 Å². The molecule has 29 heavy (non-hydrogen) atoms. The number of benzene rings is 1. The zero-order valence-corrected chi connectivity index (χ0v) is 15.9. The molecule has 1 atom stereocenters. The predicted octanol–water partition coefficient (Wildman–Crippen LogP) is 4.16. The van der Waals surface area contributed by atoms with Gasteiger partial charge in [0.05, 0.1) is 18.5 Å². The summed E-state index contributed by atoms with van der Waals surface area (Å²) in [5.41, 5.74) is 1.14. The fourth-order valence-electron chi connectivity index (χ4n) is 3.65. The molecule has 1 unspecified atom stereocenters. The van der Waals surface area contributed by atoms with E-state index in [1.807, 2.05) is 0 Å². The number of nitrogens with zero attached hydrogens (tertiary/aromatic N) is 4. The number of halogens is 3. The summed E-state index contributed by atoms with van der Waals surface area (Å²) >= 11 is 0. The summed E-state index contributed by atoms with van der Waals surface area (Å²) in [5.74, 6) is 0.0887. The third kappa shape index (κ3) is 4.45. The van der Waals surface area contributed by atoms with Crippen molar-refractivity contribution >= 4 is 5.65 Å². The number of para-hydroxylation sites is 1. The van der Waals surface area contributed by atoms with Gasteiger partial charge in [0.2, 0.25) is 5.88 Å². The Morgan fingerprint density at radius 1 is 1.17 bits per heavy atom. The molecule has 3 heterocycles. The van der Waals surface area contributed by atoms with Crippen molar-refractivity contribution in [2.24, 2.45) is 0 Å². The van der Waals surface area contributed by atoms with Crippen LogP contribution in [0.2, 0.25) is 0 Å². The Hall–Kier alpha value is -2.81. The second-order valence-electron chi connectivity index (χ2n) is 7.04. The summed E-state index contributed by atoms with van der Waals surface area (Å²) in [6.07, 6.45) is -0.0592. The van der Waals surface area contributed by atoms with E-state index in [1.54, 1.807) is 18.2 Å². The maximum Gasteiger partial charge on any atom is 0.573 e. The number of hydrogen-bond acceptors (Lipinski definition) is 5. The Kier molecular flexibility index (Phi) is 5.31. The number of imidazole rings is 1. The molecule has 0 bridgehead atoms. The molecule has 4 rings (SSSR count). The van der Waals surface area contributed by atoms with Crippen LogP contribution in [0, 0.1) is 0 Å². The first-order chi connectivity index (χ1) is 13.9. The van der Waals surface area contributed by atoms with Crippen LogP contribution in [0.3, 0.4) is 0 Å². The third-order valence-electron chi connectivity index (χ3n) is 5.10. The van der Waals surface area contributed by atoms with Crippen LogP contribution < -0.4 is 9.47 Å². The Labute approximate surface area is 165 Å². The van der Waals surface area contributed by atoms with Gasteiger partial charge < -0.3 is 14.4 Å². The number of hydrogen-bond donors (Lipinski definition) is 0. The van der Waals surface area contributed by atoms with Crippen molar-refractivity contribution in [3.05, 3.63) is 42.6 Å². The summed E-state index contributed by atoms with van der Waals surface area (Å²) < 4.78 is 49.7. The van der Waals surface area contributed by atoms with E-state index in [9.17, 15) is 13.2 Å². The minimum Gasteiger partial charge on any atom is -0.477 e. The Bertz CT molecular complexity index is 989. The fraction of sp³-hybridized carbons (Fsp3) is 0.400. The van der Waals surface area contributed by atoms with Crippen molar-refractivity contribution in [3.8, 4) is 22.9 Å². The van der Waals surface area contributed by atoms with Gasteiger partial charge in [0.15, 0.2) is 5.65 Å². The number of aromatic nitrogens is 3. The van der Waals surface area contributed by atoms with Crippen molar-refractivity contribution in [3.63, 3.8) is 0 Å². The van der Waals surface area contributed by atoms with Crippen molar-refractivity contribution in [1.82, 2.24) is 19.5 Å². The number of ether oxygens (including phenoxy) is 2. The zero-order valence-electron chi connectivity index (χ0n) is 15.9. The van der Waals surface area contributed by atoms with Gasteiger partial charge in [-0.2, -0.15) is 0 Å². The molecule has 0 saturated carbocycles. The summed E-state index contributed by atoms with van der Waals surface area (Å²) in [4.78, 5) is 6.55. The van der Waals surface area contributed by atoms with Crippen molar-refractivity contribution in [1.29, 1.82) is 0 Å². The molecule has 9 heteroatoms. The first kappa shape index (κ1) is 19.5. The second kappa shape index (κ2) is 7.90. The number of rotatable bonds is 6. The number of alkyl halides is 3. The highest BCUT2D eigenvalue weighted by atomic mass is 19.4. The average Bonchev–Trinajstić information content (AvgIpc) is 3.27. The molecular formula is C20H21F3N4O2. The van der Waals surface area contributed by atoms with Crippen LogP contribution in [0.5, 0.6) is 11.6 Å². The maximum absolute atomic E-state index is 12.8. The van der Waals surface area contributed by atoms with Gasteiger partial charge in [0.25, 0.3) is 0 Å². The quantitative estimate of drug-likeness (QED) is 0.615. The van der Waals surface area contributed by atoms with E-state index in [0.29, 0.717) is 29.9 Å². The summed E-state index contributed by atoms with van der Waals surface area (Å²) in [6, 6.07) is 9.86. The Morgan fingerprint density at radius 2 is 2.00 bits per heavy atom. The van der Waals surface area contributed by atoms with Crippen molar-refractivity contribution < 1.29 is 22.6 Å². The molecule has 1 saturated heterocycles. The van der Waals surface area contributed by atoms with Crippen molar-refractivity contribution in [2.45, 2.75) is 31.7 Å². The average molecular weight is 406 g/mol. The number of fused-ring (bicyclic) bond motifs is 1. The van der Waals surface area contributed by atoms with E-state index < -0.39 is 6.36 Å². The highest BCUT2D eigenvalue weighted by Crippen LogP contribution is 2.34. The van der Waals surface area contributed by atoms with Crippen LogP contribution in [0.15, 0.2) is 42.6 Å². The predicted molar refractivity (Wildman–Crippen MR) is 101 cm³/mol. The van der Waals surface area contributed by atoms with Gasteiger partial charge in [-0.1, -0.05) is 12.1 Å². The van der Waals surface area contributed by atoms with Gasteiger partial charge in [-0.3, -0.25) is 0 Å². The van der Waals surface area contributed by atoms with E-state index in [4.69, 9.17) is 4.74 Å². The molecule has 0 aliphatic carbocycles. The van der Waals surface area contributed by atoms with Crippen LogP contribution in [0.25, 0.3) is 16.9 Å². The highest BCUT2D eigenvalue weighted by Gasteiger charge is 2.32. The van der Waals surface area contributed by atoms with Gasteiger partial charge in [-0.05, 0) is 51.1 Å². The van der Waals surface area contributed by atoms with Gasteiger partial charge in [-0.15, -0.1) is 18.3 Å². The molecule has 1 aromatic carbocycles. The first-order valence-corrected chi connectivity index (χ1v) is 9.44. The molecule has 0 N–H and O–H groups in total. The van der Waals surface area contributed by atoms with Crippen molar-refractivity contribution in [2.75, 3.05) is 20.2 Å². The SMILES string of the molecule is CN1CCCC1CCOc1ccc2ncc(-c3ccccc3OC(F)(F)F)n2n1. The molecule has 2 aromatic heterocycles. The largest absolute Gasteiger partial charge is 0.573 e. The summed E-state index contributed by atoms with van der Waals surface area (Å²) in [5, 5.41) is 4.41. The lowest BCUT2D eigenvalue weighted by Crippen LogP contribution is -2.26. The van der Waals surface area contributed by atoms with Crippen LogP contribution in [0.1, 0.15) is 19.3 Å². The molecule has 6 nitrogen and oxygen atoms in total. The molecule has 0 spiro atoms. The highest BCUT2D eigenvalue weighted by molar-refractivity contribution is 5.69. The standard InChI is InChI=1S/C20H21F3N4O2/c1-26-11-4-5-14(26)10-12-28-19-9-8-18-24-13-16(27(18)25-19)15-6-2-3-7-17(15)29-20(21,22)23/h2-3,6-9,13-14H,4-5,10-12H2,1H3. The molecule has 1 aliphatic rings. The Balaban J connectivity index is 1.56. The molecule has 1 aliphatic heterocycles. The molecular weight excluding hydrogens is 385 g/mol. The summed E-state index contributed by atoms with van der Waals surface area (Å²) in [6.45, 7) is 1.62. The zero-order chi connectivity index (χ0) is 20.4. The molecule has 0 radical (unpaired) electrons. The Morgan fingerprint density at radius 3 is 2.76 bits per heavy atom. The maximum atomic E-state index is 12.8. The molecule has 3 aromatic rings. The minimum absolute atomic E-state index is 0.245. The van der Waals surface area contributed by atoms with Gasteiger partial charge in [0, 0.05) is 17.7 Å². The van der Waals surface area contributed by atoms with Crippen LogP contribution in [-0.4, -0.2) is 52.1 Å². The van der Waals surface area contributed by atoms with Gasteiger partial charge in [0.1, 0.15) is 5.75 Å². The molecule has 1 fully saturated rings. The van der Waals surface area contributed by atoms with E-state index in [-0.39, 0.29) is 11.3 Å². The fourth-order valence-corrected chi connectivity index (χ4v) is 3.65.